The predicted octanol–water partition coefficient (Wildman–Crippen LogP) is 4.73. The fraction of sp³-hybridized carbons (Fsp3) is 0.0476. The smallest absolute Gasteiger partial charge is 0.255 e. The van der Waals surface area contributed by atoms with E-state index in [1.165, 1.54) is 0 Å². The number of aryl methyl sites for hydroxylation is 1. The minimum atomic E-state index is -0.158. The summed E-state index contributed by atoms with van der Waals surface area (Å²) in [6, 6.07) is 16.5. The molecule has 0 saturated carbocycles. The standard InChI is InChI=1S/C21H17BrN6O/c1-14-24-19(12-20(25-14)28-11-10-23-13-28)26-17-6-8-18(9-7-17)27-21(29)15-2-4-16(22)5-3-15/h2-13H,1H3,(H,27,29)(H,24,25,26). The summed E-state index contributed by atoms with van der Waals surface area (Å²) in [4.78, 5) is 25.2. The molecule has 2 heterocycles. The van der Waals surface area contributed by atoms with E-state index in [1.807, 2.05) is 60.2 Å². The van der Waals surface area contributed by atoms with Crippen LogP contribution in [-0.4, -0.2) is 25.4 Å². The van der Waals surface area contributed by atoms with Crippen LogP contribution in [-0.2, 0) is 0 Å². The lowest BCUT2D eigenvalue weighted by Gasteiger charge is -2.10. The Bertz CT molecular complexity index is 1130. The second-order valence-electron chi connectivity index (χ2n) is 6.29. The number of rotatable bonds is 5. The van der Waals surface area contributed by atoms with Gasteiger partial charge in [-0.05, 0) is 55.5 Å². The van der Waals surface area contributed by atoms with E-state index in [4.69, 9.17) is 0 Å². The molecule has 0 aliphatic rings. The van der Waals surface area contributed by atoms with Gasteiger partial charge in [-0.15, -0.1) is 0 Å². The van der Waals surface area contributed by atoms with E-state index in [-0.39, 0.29) is 5.91 Å². The number of carbonyl (C=O) groups excluding carboxylic acids is 1. The third-order valence-corrected chi connectivity index (χ3v) is 4.64. The molecule has 0 aliphatic heterocycles. The molecular formula is C21H17BrN6O. The Hall–Kier alpha value is -3.52. The van der Waals surface area contributed by atoms with Gasteiger partial charge in [0.15, 0.2) is 0 Å². The van der Waals surface area contributed by atoms with Crippen molar-refractivity contribution >= 4 is 39.0 Å². The lowest BCUT2D eigenvalue weighted by Crippen LogP contribution is -2.11. The Morgan fingerprint density at radius 1 is 1.00 bits per heavy atom. The summed E-state index contributed by atoms with van der Waals surface area (Å²) in [6.07, 6.45) is 5.22. The molecular weight excluding hydrogens is 432 g/mol. The molecule has 4 aromatic rings. The number of nitrogens with one attached hydrogen (secondary N) is 2. The van der Waals surface area contributed by atoms with Crippen LogP contribution in [0.3, 0.4) is 0 Å². The van der Waals surface area contributed by atoms with Crippen molar-refractivity contribution in [2.75, 3.05) is 10.6 Å². The largest absolute Gasteiger partial charge is 0.340 e. The maximum Gasteiger partial charge on any atom is 0.255 e. The van der Waals surface area contributed by atoms with Crippen molar-refractivity contribution in [3.05, 3.63) is 89.2 Å². The van der Waals surface area contributed by atoms with E-state index in [0.29, 0.717) is 22.9 Å². The molecule has 0 spiro atoms. The van der Waals surface area contributed by atoms with Gasteiger partial charge in [-0.3, -0.25) is 9.36 Å². The van der Waals surface area contributed by atoms with Crippen LogP contribution in [0.5, 0.6) is 0 Å². The number of hydrogen-bond donors (Lipinski definition) is 2. The highest BCUT2D eigenvalue weighted by molar-refractivity contribution is 9.10. The lowest BCUT2D eigenvalue weighted by molar-refractivity contribution is 0.102. The SMILES string of the molecule is Cc1nc(Nc2ccc(NC(=O)c3ccc(Br)cc3)cc2)cc(-n2ccnc2)n1. The number of halogens is 1. The first-order valence-electron chi connectivity index (χ1n) is 8.85. The molecule has 0 bridgehead atoms. The highest BCUT2D eigenvalue weighted by Crippen LogP contribution is 2.20. The summed E-state index contributed by atoms with van der Waals surface area (Å²) in [5.74, 6) is 1.90. The number of carbonyl (C=O) groups is 1. The van der Waals surface area contributed by atoms with E-state index in [9.17, 15) is 4.79 Å². The molecule has 0 fully saturated rings. The minimum absolute atomic E-state index is 0.158. The molecule has 2 N–H and O–H groups in total. The summed E-state index contributed by atoms with van der Waals surface area (Å²) in [5.41, 5.74) is 2.15. The van der Waals surface area contributed by atoms with Crippen molar-refractivity contribution in [2.45, 2.75) is 6.92 Å². The van der Waals surface area contributed by atoms with E-state index >= 15 is 0 Å². The van der Waals surface area contributed by atoms with Gasteiger partial charge in [0, 0.05) is 39.9 Å². The quantitative estimate of drug-likeness (QED) is 0.460. The predicted molar refractivity (Wildman–Crippen MR) is 116 cm³/mol. The molecule has 7 nitrogen and oxygen atoms in total. The normalized spacial score (nSPS) is 10.6. The number of aromatic nitrogens is 4. The summed E-state index contributed by atoms with van der Waals surface area (Å²) >= 11 is 3.36. The van der Waals surface area contributed by atoms with E-state index in [0.717, 1.165) is 16.0 Å². The van der Waals surface area contributed by atoms with Crippen LogP contribution >= 0.6 is 15.9 Å². The van der Waals surface area contributed by atoms with E-state index in [1.54, 1.807) is 24.7 Å². The van der Waals surface area contributed by atoms with Gasteiger partial charge in [0.05, 0.1) is 0 Å². The summed E-state index contributed by atoms with van der Waals surface area (Å²) in [5, 5.41) is 6.15. The van der Waals surface area contributed by atoms with Crippen molar-refractivity contribution in [1.29, 1.82) is 0 Å². The van der Waals surface area contributed by atoms with Crippen molar-refractivity contribution in [3.8, 4) is 5.82 Å². The van der Waals surface area contributed by atoms with Crippen LogP contribution in [0.4, 0.5) is 17.2 Å². The molecule has 0 aliphatic carbocycles. The first-order chi connectivity index (χ1) is 14.1. The molecule has 0 saturated heterocycles. The van der Waals surface area contributed by atoms with Crippen molar-refractivity contribution in [2.24, 2.45) is 0 Å². The molecule has 29 heavy (non-hydrogen) atoms. The van der Waals surface area contributed by atoms with Gasteiger partial charge in [0.1, 0.15) is 23.8 Å². The Kier molecular flexibility index (Phi) is 5.35. The molecule has 2 aromatic carbocycles. The molecule has 0 radical (unpaired) electrons. The Morgan fingerprint density at radius 3 is 2.41 bits per heavy atom. The van der Waals surface area contributed by atoms with Crippen LogP contribution in [0.1, 0.15) is 16.2 Å². The minimum Gasteiger partial charge on any atom is -0.340 e. The topological polar surface area (TPSA) is 84.7 Å². The highest BCUT2D eigenvalue weighted by Gasteiger charge is 2.07. The zero-order valence-electron chi connectivity index (χ0n) is 15.5. The monoisotopic (exact) mass is 448 g/mol. The maximum absolute atomic E-state index is 12.3. The molecule has 2 aromatic heterocycles. The highest BCUT2D eigenvalue weighted by atomic mass is 79.9. The van der Waals surface area contributed by atoms with E-state index in [2.05, 4.69) is 41.5 Å². The molecule has 4 rings (SSSR count). The second-order valence-corrected chi connectivity index (χ2v) is 7.21. The summed E-state index contributed by atoms with van der Waals surface area (Å²) in [6.45, 7) is 1.84. The van der Waals surface area contributed by atoms with Crippen LogP contribution in [0.2, 0.25) is 0 Å². The van der Waals surface area contributed by atoms with Gasteiger partial charge in [-0.25, -0.2) is 15.0 Å². The lowest BCUT2D eigenvalue weighted by atomic mass is 10.2. The third kappa shape index (κ3) is 4.67. The number of anilines is 3. The van der Waals surface area contributed by atoms with Gasteiger partial charge in [-0.2, -0.15) is 0 Å². The molecule has 144 valence electrons. The van der Waals surface area contributed by atoms with Gasteiger partial charge in [0.25, 0.3) is 5.91 Å². The number of hydrogen-bond acceptors (Lipinski definition) is 5. The van der Waals surface area contributed by atoms with E-state index < -0.39 is 0 Å². The number of nitrogens with zero attached hydrogens (tertiary/aromatic N) is 4. The van der Waals surface area contributed by atoms with Crippen LogP contribution in [0.25, 0.3) is 5.82 Å². The van der Waals surface area contributed by atoms with Crippen molar-refractivity contribution in [3.63, 3.8) is 0 Å². The Morgan fingerprint density at radius 2 is 1.72 bits per heavy atom. The number of amides is 1. The Labute approximate surface area is 176 Å². The zero-order valence-corrected chi connectivity index (χ0v) is 17.1. The summed E-state index contributed by atoms with van der Waals surface area (Å²) < 4.78 is 2.75. The maximum atomic E-state index is 12.3. The number of imidazole rings is 1. The average Bonchev–Trinajstić information content (AvgIpc) is 3.24. The van der Waals surface area contributed by atoms with Gasteiger partial charge >= 0.3 is 0 Å². The Balaban J connectivity index is 1.46. The fourth-order valence-electron chi connectivity index (χ4n) is 2.73. The van der Waals surface area contributed by atoms with Crippen LogP contribution in [0.15, 0.2) is 77.8 Å². The van der Waals surface area contributed by atoms with Gasteiger partial charge in [0.2, 0.25) is 0 Å². The first-order valence-corrected chi connectivity index (χ1v) is 9.64. The number of benzene rings is 2. The van der Waals surface area contributed by atoms with Crippen LogP contribution in [0, 0.1) is 6.92 Å². The summed E-state index contributed by atoms with van der Waals surface area (Å²) in [7, 11) is 0. The molecule has 1 amide bonds. The molecule has 0 atom stereocenters. The van der Waals surface area contributed by atoms with Gasteiger partial charge < -0.3 is 10.6 Å². The average molecular weight is 449 g/mol. The fourth-order valence-corrected chi connectivity index (χ4v) is 3.00. The van der Waals surface area contributed by atoms with Crippen molar-refractivity contribution in [1.82, 2.24) is 19.5 Å². The zero-order chi connectivity index (χ0) is 20.2. The third-order valence-electron chi connectivity index (χ3n) is 4.11. The molecule has 0 unspecified atom stereocenters. The first kappa shape index (κ1) is 18.8. The van der Waals surface area contributed by atoms with Crippen molar-refractivity contribution < 1.29 is 4.79 Å². The van der Waals surface area contributed by atoms with Crippen LogP contribution < -0.4 is 10.6 Å². The second kappa shape index (κ2) is 8.24. The molecule has 8 heteroatoms. The van der Waals surface area contributed by atoms with Gasteiger partial charge in [-0.1, -0.05) is 15.9 Å².